The number of hydrogen-bond acceptors (Lipinski definition) is 3. The summed E-state index contributed by atoms with van der Waals surface area (Å²) in [4.78, 5) is -0.230. The molecule has 4 nitrogen and oxygen atoms in total. The standard InChI is InChI=1S/C11H12BrF2NO3S/c12-10-1-8(4-14)11(2-7(10)3-13)19(16,17)15-5-9-6-18-9/h1-2,9,15H,3-6H2. The minimum Gasteiger partial charge on any atom is -0.372 e. The van der Waals surface area contributed by atoms with E-state index in [1.807, 2.05) is 0 Å². The molecule has 0 spiro atoms. The Morgan fingerprint density at radius 2 is 1.95 bits per heavy atom. The van der Waals surface area contributed by atoms with Crippen molar-refractivity contribution in [1.29, 1.82) is 0 Å². The quantitative estimate of drug-likeness (QED) is 0.794. The van der Waals surface area contributed by atoms with Gasteiger partial charge in [-0.1, -0.05) is 15.9 Å². The molecule has 0 aromatic heterocycles. The molecule has 0 aliphatic carbocycles. The molecule has 8 heteroatoms. The second-order valence-corrected chi connectivity index (χ2v) is 6.72. The lowest BCUT2D eigenvalue weighted by atomic mass is 10.1. The Balaban J connectivity index is 2.34. The summed E-state index contributed by atoms with van der Waals surface area (Å²) in [5, 5.41) is 0. The monoisotopic (exact) mass is 355 g/mol. The normalized spacial score (nSPS) is 18.6. The summed E-state index contributed by atoms with van der Waals surface area (Å²) in [6, 6.07) is 2.44. The molecule has 0 saturated carbocycles. The highest BCUT2D eigenvalue weighted by Gasteiger charge is 2.27. The van der Waals surface area contributed by atoms with Crippen LogP contribution in [0.3, 0.4) is 0 Å². The average molecular weight is 356 g/mol. The van der Waals surface area contributed by atoms with E-state index in [4.69, 9.17) is 4.74 Å². The summed E-state index contributed by atoms with van der Waals surface area (Å²) in [6.45, 7) is -1.13. The molecule has 1 N–H and O–H groups in total. The molecule has 0 bridgehead atoms. The van der Waals surface area contributed by atoms with Crippen molar-refractivity contribution in [3.05, 3.63) is 27.7 Å². The molecule has 1 saturated heterocycles. The first-order chi connectivity index (χ1) is 8.97. The summed E-state index contributed by atoms with van der Waals surface area (Å²) < 4.78 is 57.3. The lowest BCUT2D eigenvalue weighted by Crippen LogP contribution is -2.28. The Hall–Kier alpha value is -0.570. The van der Waals surface area contributed by atoms with E-state index in [1.165, 1.54) is 6.07 Å². The van der Waals surface area contributed by atoms with Crippen LogP contribution in [0.1, 0.15) is 11.1 Å². The molecule has 1 aromatic carbocycles. The van der Waals surface area contributed by atoms with Gasteiger partial charge in [0.05, 0.1) is 17.6 Å². The van der Waals surface area contributed by atoms with Gasteiger partial charge < -0.3 is 4.74 Å². The van der Waals surface area contributed by atoms with Gasteiger partial charge in [0.1, 0.15) is 13.3 Å². The van der Waals surface area contributed by atoms with Crippen LogP contribution >= 0.6 is 15.9 Å². The van der Waals surface area contributed by atoms with Gasteiger partial charge in [0.2, 0.25) is 10.0 Å². The zero-order chi connectivity index (χ0) is 14.0. The first-order valence-electron chi connectivity index (χ1n) is 5.52. The first kappa shape index (κ1) is 14.8. The number of epoxide rings is 1. The van der Waals surface area contributed by atoms with Crippen molar-refractivity contribution in [2.45, 2.75) is 24.3 Å². The van der Waals surface area contributed by atoms with Crippen molar-refractivity contribution in [2.24, 2.45) is 0 Å². The lowest BCUT2D eigenvalue weighted by Gasteiger charge is -2.11. The number of hydrogen-bond donors (Lipinski definition) is 1. The number of nitrogens with one attached hydrogen (secondary N) is 1. The molecule has 0 amide bonds. The molecular formula is C11H12BrF2NO3S. The highest BCUT2D eigenvalue weighted by atomic mass is 79.9. The van der Waals surface area contributed by atoms with Gasteiger partial charge in [-0.2, -0.15) is 0 Å². The summed E-state index contributed by atoms with van der Waals surface area (Å²) in [5.41, 5.74) is 0.161. The average Bonchev–Trinajstić information content (AvgIpc) is 3.20. The molecule has 1 atom stereocenters. The van der Waals surface area contributed by atoms with Crippen LogP contribution in [0.4, 0.5) is 8.78 Å². The Bertz CT molecular complexity index is 576. The maximum absolute atomic E-state index is 12.9. The number of sulfonamides is 1. The number of rotatable bonds is 6. The first-order valence-corrected chi connectivity index (χ1v) is 7.80. The van der Waals surface area contributed by atoms with Gasteiger partial charge in [-0.3, -0.25) is 0 Å². The van der Waals surface area contributed by atoms with Crippen molar-refractivity contribution >= 4 is 26.0 Å². The number of halogens is 3. The third-order valence-electron chi connectivity index (χ3n) is 2.71. The molecule has 0 radical (unpaired) electrons. The van der Waals surface area contributed by atoms with Crippen LogP contribution in [0.5, 0.6) is 0 Å². The van der Waals surface area contributed by atoms with Crippen molar-refractivity contribution < 1.29 is 21.9 Å². The van der Waals surface area contributed by atoms with E-state index in [0.29, 0.717) is 11.1 Å². The number of benzene rings is 1. The lowest BCUT2D eigenvalue weighted by molar-refractivity contribution is 0.406. The van der Waals surface area contributed by atoms with Crippen LogP contribution < -0.4 is 4.72 Å². The highest BCUT2D eigenvalue weighted by molar-refractivity contribution is 9.10. The molecule has 1 aromatic rings. The van der Waals surface area contributed by atoms with Gasteiger partial charge >= 0.3 is 0 Å². The van der Waals surface area contributed by atoms with Gasteiger partial charge in [-0.05, 0) is 17.7 Å². The SMILES string of the molecule is O=S(=O)(NCC1CO1)c1cc(CF)c(Br)cc1CF. The summed E-state index contributed by atoms with van der Waals surface area (Å²) in [7, 11) is -3.86. The maximum atomic E-state index is 12.9. The molecule has 106 valence electrons. The van der Waals surface area contributed by atoms with E-state index in [2.05, 4.69) is 20.7 Å². The van der Waals surface area contributed by atoms with Crippen LogP contribution in [0.15, 0.2) is 21.5 Å². The second kappa shape index (κ2) is 5.82. The predicted molar refractivity (Wildman–Crippen MR) is 68.7 cm³/mol. The van der Waals surface area contributed by atoms with E-state index in [1.54, 1.807) is 0 Å². The fourth-order valence-corrected chi connectivity index (χ4v) is 3.37. The Morgan fingerprint density at radius 1 is 1.32 bits per heavy atom. The molecule has 1 fully saturated rings. The Labute approximate surface area is 118 Å². The largest absolute Gasteiger partial charge is 0.372 e. The van der Waals surface area contributed by atoms with Crippen LogP contribution in [0.2, 0.25) is 0 Å². The van der Waals surface area contributed by atoms with Crippen molar-refractivity contribution in [1.82, 2.24) is 4.72 Å². The maximum Gasteiger partial charge on any atom is 0.241 e. The van der Waals surface area contributed by atoms with Crippen molar-refractivity contribution in [2.75, 3.05) is 13.2 Å². The highest BCUT2D eigenvalue weighted by Crippen LogP contribution is 2.27. The van der Waals surface area contributed by atoms with Crippen molar-refractivity contribution in [3.8, 4) is 0 Å². The third-order valence-corrected chi connectivity index (χ3v) is 4.95. The second-order valence-electron chi connectivity index (χ2n) is 4.13. The summed E-state index contributed by atoms with van der Waals surface area (Å²) in [6.07, 6.45) is -0.125. The van der Waals surface area contributed by atoms with E-state index in [0.717, 1.165) is 6.07 Å². The number of alkyl halides is 2. The van der Waals surface area contributed by atoms with Gasteiger partial charge in [-0.15, -0.1) is 0 Å². The van der Waals surface area contributed by atoms with Crippen LogP contribution in [0, 0.1) is 0 Å². The van der Waals surface area contributed by atoms with E-state index in [9.17, 15) is 17.2 Å². The predicted octanol–water partition coefficient (Wildman–Crippen LogP) is 2.07. The molecular weight excluding hydrogens is 344 g/mol. The summed E-state index contributed by atoms with van der Waals surface area (Å²) in [5.74, 6) is 0. The topological polar surface area (TPSA) is 58.7 Å². The zero-order valence-corrected chi connectivity index (χ0v) is 12.2. The van der Waals surface area contributed by atoms with E-state index >= 15 is 0 Å². The van der Waals surface area contributed by atoms with E-state index in [-0.39, 0.29) is 28.7 Å². The zero-order valence-electron chi connectivity index (χ0n) is 9.83. The van der Waals surface area contributed by atoms with Crippen molar-refractivity contribution in [3.63, 3.8) is 0 Å². The Morgan fingerprint density at radius 3 is 2.47 bits per heavy atom. The molecule has 1 aliphatic rings. The Kier molecular flexibility index (Phi) is 4.54. The molecule has 1 unspecified atom stereocenters. The molecule has 2 rings (SSSR count). The van der Waals surface area contributed by atoms with Gasteiger partial charge in [0.15, 0.2) is 0 Å². The van der Waals surface area contributed by atoms with Gasteiger partial charge in [0, 0.05) is 16.6 Å². The smallest absolute Gasteiger partial charge is 0.241 e. The van der Waals surface area contributed by atoms with Crippen LogP contribution in [-0.2, 0) is 28.1 Å². The molecule has 1 heterocycles. The van der Waals surface area contributed by atoms with Gasteiger partial charge in [0.25, 0.3) is 0 Å². The fourth-order valence-electron chi connectivity index (χ4n) is 1.56. The summed E-state index contributed by atoms with van der Waals surface area (Å²) >= 11 is 3.08. The molecule has 19 heavy (non-hydrogen) atoms. The molecule has 1 aliphatic heterocycles. The van der Waals surface area contributed by atoms with E-state index < -0.39 is 23.4 Å². The fraction of sp³-hybridized carbons (Fsp3) is 0.455. The van der Waals surface area contributed by atoms with Gasteiger partial charge in [-0.25, -0.2) is 21.9 Å². The van der Waals surface area contributed by atoms with Crippen LogP contribution in [0.25, 0.3) is 0 Å². The minimum absolute atomic E-state index is 0.00621. The van der Waals surface area contributed by atoms with Crippen LogP contribution in [-0.4, -0.2) is 27.7 Å². The number of ether oxygens (including phenoxy) is 1. The minimum atomic E-state index is -3.86. The third kappa shape index (κ3) is 3.50.